The van der Waals surface area contributed by atoms with E-state index in [1.807, 2.05) is 6.07 Å². The number of benzene rings is 2. The van der Waals surface area contributed by atoms with Crippen molar-refractivity contribution in [1.29, 1.82) is 0 Å². The molecule has 2 rings (SSSR count). The Bertz CT molecular complexity index is 756. The SMILES string of the molecule is C=C(c1ccc(OC)c(OC=O)c1)c1cc(OC)c(OC)c(OC)c1. The van der Waals surface area contributed by atoms with Crippen molar-refractivity contribution in [3.63, 3.8) is 0 Å². The van der Waals surface area contributed by atoms with Crippen LogP contribution in [0.4, 0.5) is 0 Å². The first-order valence-corrected chi connectivity index (χ1v) is 7.37. The molecular formula is C19H20O6. The van der Waals surface area contributed by atoms with Gasteiger partial charge in [0.1, 0.15) is 0 Å². The Morgan fingerprint density at radius 2 is 1.36 bits per heavy atom. The van der Waals surface area contributed by atoms with E-state index in [1.54, 1.807) is 45.6 Å². The summed E-state index contributed by atoms with van der Waals surface area (Å²) in [6.45, 7) is 4.47. The Labute approximate surface area is 146 Å². The maximum Gasteiger partial charge on any atom is 0.298 e. The lowest BCUT2D eigenvalue weighted by molar-refractivity contribution is -0.120. The second kappa shape index (κ2) is 8.10. The van der Waals surface area contributed by atoms with Crippen LogP contribution >= 0.6 is 0 Å². The number of methoxy groups -OCH3 is 4. The second-order valence-electron chi connectivity index (χ2n) is 4.97. The summed E-state index contributed by atoms with van der Waals surface area (Å²) in [4.78, 5) is 10.7. The fourth-order valence-corrected chi connectivity index (χ4v) is 2.43. The third-order valence-corrected chi connectivity index (χ3v) is 3.70. The van der Waals surface area contributed by atoms with Gasteiger partial charge in [-0.1, -0.05) is 12.6 Å². The van der Waals surface area contributed by atoms with Gasteiger partial charge in [0.2, 0.25) is 5.75 Å². The molecule has 0 amide bonds. The topological polar surface area (TPSA) is 63.2 Å². The van der Waals surface area contributed by atoms with Gasteiger partial charge >= 0.3 is 0 Å². The van der Waals surface area contributed by atoms with E-state index in [0.29, 0.717) is 40.8 Å². The van der Waals surface area contributed by atoms with Gasteiger partial charge in [0.15, 0.2) is 23.0 Å². The molecule has 0 aliphatic carbocycles. The van der Waals surface area contributed by atoms with E-state index in [0.717, 1.165) is 11.1 Å². The summed E-state index contributed by atoms with van der Waals surface area (Å²) in [6.07, 6.45) is 0. The summed E-state index contributed by atoms with van der Waals surface area (Å²) in [6, 6.07) is 8.81. The highest BCUT2D eigenvalue weighted by Crippen LogP contribution is 2.41. The van der Waals surface area contributed by atoms with Crippen LogP contribution in [0.15, 0.2) is 36.9 Å². The zero-order valence-electron chi connectivity index (χ0n) is 14.6. The van der Waals surface area contributed by atoms with Crippen molar-refractivity contribution in [3.05, 3.63) is 48.0 Å². The molecule has 0 fully saturated rings. The number of carbonyl (C=O) groups is 1. The van der Waals surface area contributed by atoms with E-state index >= 15 is 0 Å². The van der Waals surface area contributed by atoms with Gasteiger partial charge in [-0.25, -0.2) is 0 Å². The van der Waals surface area contributed by atoms with Crippen LogP contribution in [-0.4, -0.2) is 34.9 Å². The van der Waals surface area contributed by atoms with Crippen LogP contribution in [-0.2, 0) is 4.79 Å². The minimum Gasteiger partial charge on any atom is -0.493 e. The molecule has 132 valence electrons. The maximum absolute atomic E-state index is 10.7. The summed E-state index contributed by atoms with van der Waals surface area (Å²) in [5.74, 6) is 2.31. The van der Waals surface area contributed by atoms with Gasteiger partial charge in [-0.15, -0.1) is 0 Å². The summed E-state index contributed by atoms with van der Waals surface area (Å²) in [5.41, 5.74) is 2.22. The van der Waals surface area contributed by atoms with Crippen molar-refractivity contribution in [1.82, 2.24) is 0 Å². The zero-order chi connectivity index (χ0) is 18.4. The summed E-state index contributed by atoms with van der Waals surface area (Å²) in [5, 5.41) is 0. The lowest BCUT2D eigenvalue weighted by Crippen LogP contribution is -1.98. The predicted molar refractivity (Wildman–Crippen MR) is 93.9 cm³/mol. The Balaban J connectivity index is 2.50. The molecule has 2 aromatic carbocycles. The molecule has 0 saturated carbocycles. The third kappa shape index (κ3) is 3.68. The van der Waals surface area contributed by atoms with E-state index < -0.39 is 0 Å². The Hall–Kier alpha value is -3.15. The highest BCUT2D eigenvalue weighted by molar-refractivity contribution is 5.81. The van der Waals surface area contributed by atoms with Crippen molar-refractivity contribution in [2.24, 2.45) is 0 Å². The lowest BCUT2D eigenvalue weighted by Gasteiger charge is -2.16. The van der Waals surface area contributed by atoms with Crippen LogP contribution < -0.4 is 23.7 Å². The number of hydrogen-bond acceptors (Lipinski definition) is 6. The monoisotopic (exact) mass is 344 g/mol. The average molecular weight is 344 g/mol. The number of hydrogen-bond donors (Lipinski definition) is 0. The minimum atomic E-state index is 0.309. The van der Waals surface area contributed by atoms with Crippen molar-refractivity contribution in [2.45, 2.75) is 0 Å². The maximum atomic E-state index is 10.7. The first-order chi connectivity index (χ1) is 12.1. The largest absolute Gasteiger partial charge is 0.493 e. The summed E-state index contributed by atoms with van der Waals surface area (Å²) >= 11 is 0. The fourth-order valence-electron chi connectivity index (χ4n) is 2.43. The van der Waals surface area contributed by atoms with Crippen molar-refractivity contribution in [3.8, 4) is 28.7 Å². The van der Waals surface area contributed by atoms with E-state index in [2.05, 4.69) is 6.58 Å². The van der Waals surface area contributed by atoms with Crippen molar-refractivity contribution < 1.29 is 28.5 Å². The van der Waals surface area contributed by atoms with Gasteiger partial charge in [0.25, 0.3) is 6.47 Å². The van der Waals surface area contributed by atoms with E-state index in [9.17, 15) is 4.79 Å². The zero-order valence-corrected chi connectivity index (χ0v) is 14.6. The average Bonchev–Trinajstić information content (AvgIpc) is 2.66. The molecule has 0 atom stereocenters. The van der Waals surface area contributed by atoms with Gasteiger partial charge in [0.05, 0.1) is 28.4 Å². The quantitative estimate of drug-likeness (QED) is 0.685. The molecule has 6 heteroatoms. The first kappa shape index (κ1) is 18.2. The number of rotatable bonds is 8. The molecule has 0 unspecified atom stereocenters. The van der Waals surface area contributed by atoms with Crippen molar-refractivity contribution in [2.75, 3.05) is 28.4 Å². The van der Waals surface area contributed by atoms with Crippen LogP contribution in [0.25, 0.3) is 5.57 Å². The number of ether oxygens (including phenoxy) is 5. The van der Waals surface area contributed by atoms with E-state index in [4.69, 9.17) is 23.7 Å². The fraction of sp³-hybridized carbons (Fsp3) is 0.211. The van der Waals surface area contributed by atoms with Crippen LogP contribution in [0.3, 0.4) is 0 Å². The molecule has 0 saturated heterocycles. The van der Waals surface area contributed by atoms with Crippen LogP contribution in [0.5, 0.6) is 28.7 Å². The predicted octanol–water partition coefficient (Wildman–Crippen LogP) is 3.32. The molecule has 0 bridgehead atoms. The van der Waals surface area contributed by atoms with E-state index in [1.165, 1.54) is 7.11 Å². The molecule has 2 aromatic rings. The molecule has 0 spiro atoms. The van der Waals surface area contributed by atoms with Gasteiger partial charge in [0, 0.05) is 0 Å². The van der Waals surface area contributed by atoms with E-state index in [-0.39, 0.29) is 0 Å². The molecule has 0 aliphatic heterocycles. The third-order valence-electron chi connectivity index (χ3n) is 3.70. The Kier molecular flexibility index (Phi) is 5.89. The highest BCUT2D eigenvalue weighted by Gasteiger charge is 2.16. The van der Waals surface area contributed by atoms with Crippen LogP contribution in [0.2, 0.25) is 0 Å². The standard InChI is InChI=1S/C19H20O6/c1-12(13-6-7-15(21-2)16(8-13)25-11-20)14-9-17(22-3)19(24-5)18(10-14)23-4/h6-11H,1H2,2-5H3. The van der Waals surface area contributed by atoms with Gasteiger partial charge in [-0.05, 0) is 41.0 Å². The van der Waals surface area contributed by atoms with Gasteiger partial charge in [-0.2, -0.15) is 0 Å². The second-order valence-corrected chi connectivity index (χ2v) is 4.97. The Morgan fingerprint density at radius 1 is 0.800 bits per heavy atom. The molecule has 0 aliphatic rings. The Morgan fingerprint density at radius 3 is 1.84 bits per heavy atom. The minimum absolute atomic E-state index is 0.309. The molecule has 25 heavy (non-hydrogen) atoms. The lowest BCUT2D eigenvalue weighted by atomic mass is 9.98. The van der Waals surface area contributed by atoms with Crippen molar-refractivity contribution >= 4 is 12.0 Å². The molecular weight excluding hydrogens is 324 g/mol. The molecule has 6 nitrogen and oxygen atoms in total. The summed E-state index contributed by atoms with van der Waals surface area (Å²) in [7, 11) is 6.14. The molecule has 0 heterocycles. The highest BCUT2D eigenvalue weighted by atomic mass is 16.5. The summed E-state index contributed by atoms with van der Waals surface area (Å²) < 4.78 is 26.2. The first-order valence-electron chi connectivity index (χ1n) is 7.37. The van der Waals surface area contributed by atoms with Gasteiger partial charge in [-0.3, -0.25) is 4.79 Å². The molecule has 0 aromatic heterocycles. The van der Waals surface area contributed by atoms with Gasteiger partial charge < -0.3 is 23.7 Å². The molecule has 0 radical (unpaired) electrons. The normalized spacial score (nSPS) is 9.92. The smallest absolute Gasteiger partial charge is 0.298 e. The van der Waals surface area contributed by atoms with Crippen LogP contribution in [0.1, 0.15) is 11.1 Å². The molecule has 0 N–H and O–H groups in total. The van der Waals surface area contributed by atoms with Crippen LogP contribution in [0, 0.1) is 0 Å². The number of carbonyl (C=O) groups excluding carboxylic acids is 1.